The third-order valence-corrected chi connectivity index (χ3v) is 6.17. The number of benzene rings is 1. The van der Waals surface area contributed by atoms with Gasteiger partial charge in [-0.25, -0.2) is 0 Å². The first-order chi connectivity index (χ1) is 13.6. The van der Waals surface area contributed by atoms with E-state index in [-0.39, 0.29) is 23.8 Å². The summed E-state index contributed by atoms with van der Waals surface area (Å²) in [4.78, 5) is 38.8. The molecular formula is C22H28N2O4. The SMILES string of the molecule is O=C(CCC1CCCCC1)Nc1ccc2c(c1)C(=O)N(CC1CCCO1)C2=O. The number of amides is 3. The molecule has 1 N–H and O–H groups in total. The van der Waals surface area contributed by atoms with Crippen LogP contribution in [0.5, 0.6) is 0 Å². The van der Waals surface area contributed by atoms with Crippen LogP contribution in [-0.2, 0) is 9.53 Å². The third-order valence-electron chi connectivity index (χ3n) is 6.17. The Morgan fingerprint density at radius 3 is 2.57 bits per heavy atom. The molecule has 0 radical (unpaired) electrons. The molecule has 1 saturated heterocycles. The molecule has 2 aliphatic heterocycles. The molecule has 1 aromatic carbocycles. The van der Waals surface area contributed by atoms with Crippen molar-refractivity contribution in [3.8, 4) is 0 Å². The van der Waals surface area contributed by atoms with Crippen molar-refractivity contribution in [2.45, 2.75) is 63.9 Å². The fourth-order valence-electron chi connectivity index (χ4n) is 4.56. The van der Waals surface area contributed by atoms with Crippen LogP contribution in [0.1, 0.15) is 78.5 Å². The van der Waals surface area contributed by atoms with Crippen LogP contribution in [0.15, 0.2) is 18.2 Å². The summed E-state index contributed by atoms with van der Waals surface area (Å²) in [6.07, 6.45) is 9.50. The zero-order valence-corrected chi connectivity index (χ0v) is 16.2. The topological polar surface area (TPSA) is 75.7 Å². The first-order valence-corrected chi connectivity index (χ1v) is 10.5. The van der Waals surface area contributed by atoms with Gasteiger partial charge in [-0.2, -0.15) is 0 Å². The van der Waals surface area contributed by atoms with Gasteiger partial charge in [0, 0.05) is 18.7 Å². The highest BCUT2D eigenvalue weighted by molar-refractivity contribution is 6.21. The lowest BCUT2D eigenvalue weighted by Gasteiger charge is -2.21. The Morgan fingerprint density at radius 1 is 1.04 bits per heavy atom. The number of imide groups is 1. The van der Waals surface area contributed by atoms with Crippen LogP contribution >= 0.6 is 0 Å². The second-order valence-corrected chi connectivity index (χ2v) is 8.21. The summed E-state index contributed by atoms with van der Waals surface area (Å²) in [5.74, 6) is 0.0584. The molecule has 2 fully saturated rings. The number of hydrogen-bond donors (Lipinski definition) is 1. The van der Waals surface area contributed by atoms with E-state index in [0.717, 1.165) is 19.3 Å². The van der Waals surface area contributed by atoms with Crippen molar-refractivity contribution >= 4 is 23.4 Å². The second kappa shape index (κ2) is 8.43. The first-order valence-electron chi connectivity index (χ1n) is 10.5. The second-order valence-electron chi connectivity index (χ2n) is 8.21. The molecule has 0 spiro atoms. The van der Waals surface area contributed by atoms with Crippen LogP contribution < -0.4 is 5.32 Å². The number of nitrogens with one attached hydrogen (secondary N) is 1. The fraction of sp³-hybridized carbons (Fsp3) is 0.591. The van der Waals surface area contributed by atoms with Gasteiger partial charge in [-0.05, 0) is 43.4 Å². The van der Waals surface area contributed by atoms with Crippen LogP contribution in [0, 0.1) is 5.92 Å². The quantitative estimate of drug-likeness (QED) is 0.758. The highest BCUT2D eigenvalue weighted by atomic mass is 16.5. The van der Waals surface area contributed by atoms with Gasteiger partial charge in [0.15, 0.2) is 0 Å². The highest BCUT2D eigenvalue weighted by Gasteiger charge is 2.37. The molecule has 2 heterocycles. The standard InChI is InChI=1S/C22H28N2O4/c25-20(11-8-15-5-2-1-3-6-15)23-16-9-10-18-19(13-16)22(27)24(21(18)26)14-17-7-4-12-28-17/h9-10,13,15,17H,1-8,11-12,14H2,(H,23,25). The van der Waals surface area contributed by atoms with Gasteiger partial charge in [-0.1, -0.05) is 32.1 Å². The molecule has 1 unspecified atom stereocenters. The third kappa shape index (κ3) is 4.12. The summed E-state index contributed by atoms with van der Waals surface area (Å²) in [5, 5.41) is 2.89. The Bertz CT molecular complexity index is 764. The smallest absolute Gasteiger partial charge is 0.261 e. The minimum atomic E-state index is -0.297. The molecule has 28 heavy (non-hydrogen) atoms. The van der Waals surface area contributed by atoms with E-state index in [1.165, 1.54) is 37.0 Å². The predicted octanol–water partition coefficient (Wildman–Crippen LogP) is 3.76. The Kier molecular flexibility index (Phi) is 5.76. The summed E-state index contributed by atoms with van der Waals surface area (Å²) in [6, 6.07) is 4.98. The number of ether oxygens (including phenoxy) is 1. The molecule has 0 aromatic heterocycles. The van der Waals surface area contributed by atoms with Crippen LogP contribution in [-0.4, -0.2) is 41.9 Å². The van der Waals surface area contributed by atoms with Crippen molar-refractivity contribution in [3.63, 3.8) is 0 Å². The normalized spacial score (nSPS) is 22.6. The van der Waals surface area contributed by atoms with E-state index in [1.807, 2.05) is 0 Å². The van der Waals surface area contributed by atoms with E-state index in [9.17, 15) is 14.4 Å². The average Bonchev–Trinajstić information content (AvgIpc) is 3.30. The molecule has 1 atom stereocenters. The van der Waals surface area contributed by atoms with E-state index in [4.69, 9.17) is 4.74 Å². The molecule has 6 nitrogen and oxygen atoms in total. The van der Waals surface area contributed by atoms with Gasteiger partial charge in [0.05, 0.1) is 23.8 Å². The van der Waals surface area contributed by atoms with Crippen LogP contribution in [0.3, 0.4) is 0 Å². The molecule has 4 rings (SSSR count). The van der Waals surface area contributed by atoms with Gasteiger partial charge in [-0.3, -0.25) is 19.3 Å². The van der Waals surface area contributed by atoms with E-state index >= 15 is 0 Å². The van der Waals surface area contributed by atoms with Crippen molar-refractivity contribution in [1.82, 2.24) is 4.90 Å². The number of anilines is 1. The van der Waals surface area contributed by atoms with E-state index in [0.29, 0.717) is 42.3 Å². The van der Waals surface area contributed by atoms with Gasteiger partial charge >= 0.3 is 0 Å². The molecular weight excluding hydrogens is 356 g/mol. The first kappa shape index (κ1) is 19.1. The lowest BCUT2D eigenvalue weighted by atomic mass is 9.86. The number of rotatable bonds is 6. The van der Waals surface area contributed by atoms with Crippen molar-refractivity contribution < 1.29 is 19.1 Å². The number of fused-ring (bicyclic) bond motifs is 1. The van der Waals surface area contributed by atoms with Gasteiger partial charge in [0.2, 0.25) is 5.91 Å². The maximum absolute atomic E-state index is 12.7. The summed E-state index contributed by atoms with van der Waals surface area (Å²) >= 11 is 0. The fourth-order valence-corrected chi connectivity index (χ4v) is 4.56. The molecule has 3 amide bonds. The van der Waals surface area contributed by atoms with E-state index in [2.05, 4.69) is 5.32 Å². The maximum atomic E-state index is 12.7. The Labute approximate surface area is 165 Å². The van der Waals surface area contributed by atoms with Crippen molar-refractivity contribution in [2.75, 3.05) is 18.5 Å². The van der Waals surface area contributed by atoms with Gasteiger partial charge in [0.25, 0.3) is 11.8 Å². The zero-order chi connectivity index (χ0) is 19.5. The maximum Gasteiger partial charge on any atom is 0.261 e. The summed E-state index contributed by atoms with van der Waals surface area (Å²) in [7, 11) is 0. The molecule has 6 heteroatoms. The van der Waals surface area contributed by atoms with Gasteiger partial charge in [-0.15, -0.1) is 0 Å². The Morgan fingerprint density at radius 2 is 1.82 bits per heavy atom. The molecule has 1 aliphatic carbocycles. The van der Waals surface area contributed by atoms with Crippen LogP contribution in [0.2, 0.25) is 0 Å². The van der Waals surface area contributed by atoms with Crippen molar-refractivity contribution in [3.05, 3.63) is 29.3 Å². The van der Waals surface area contributed by atoms with Gasteiger partial charge < -0.3 is 10.1 Å². The largest absolute Gasteiger partial charge is 0.376 e. The Balaban J connectivity index is 1.36. The minimum Gasteiger partial charge on any atom is -0.376 e. The number of hydrogen-bond acceptors (Lipinski definition) is 4. The summed E-state index contributed by atoms with van der Waals surface area (Å²) < 4.78 is 5.56. The van der Waals surface area contributed by atoms with E-state index in [1.54, 1.807) is 18.2 Å². The van der Waals surface area contributed by atoms with Crippen LogP contribution in [0.25, 0.3) is 0 Å². The lowest BCUT2D eigenvalue weighted by Crippen LogP contribution is -2.36. The average molecular weight is 384 g/mol. The lowest BCUT2D eigenvalue weighted by molar-refractivity contribution is -0.116. The minimum absolute atomic E-state index is 0.0292. The Hall–Kier alpha value is -2.21. The van der Waals surface area contributed by atoms with Crippen molar-refractivity contribution in [2.24, 2.45) is 5.92 Å². The summed E-state index contributed by atoms with van der Waals surface area (Å²) in [5.41, 5.74) is 1.35. The van der Waals surface area contributed by atoms with Crippen molar-refractivity contribution in [1.29, 1.82) is 0 Å². The van der Waals surface area contributed by atoms with Crippen LogP contribution in [0.4, 0.5) is 5.69 Å². The molecule has 1 saturated carbocycles. The number of nitrogens with zero attached hydrogens (tertiary/aromatic N) is 1. The molecule has 0 bridgehead atoms. The number of carbonyl (C=O) groups is 3. The summed E-state index contributed by atoms with van der Waals surface area (Å²) in [6.45, 7) is 0.986. The zero-order valence-electron chi connectivity index (χ0n) is 16.2. The molecule has 150 valence electrons. The highest BCUT2D eigenvalue weighted by Crippen LogP contribution is 2.29. The molecule has 1 aromatic rings. The monoisotopic (exact) mass is 384 g/mol. The molecule has 3 aliphatic rings. The van der Waals surface area contributed by atoms with Gasteiger partial charge in [0.1, 0.15) is 0 Å². The number of carbonyl (C=O) groups excluding carboxylic acids is 3. The predicted molar refractivity (Wildman–Crippen MR) is 105 cm³/mol. The van der Waals surface area contributed by atoms with E-state index < -0.39 is 0 Å².